The molecule has 2 heterocycles. The Hall–Kier alpha value is -2.21. The number of benzene rings is 2. The molecule has 6 heteroatoms. The quantitative estimate of drug-likeness (QED) is 0.527. The van der Waals surface area contributed by atoms with E-state index in [1.807, 2.05) is 10.6 Å². The van der Waals surface area contributed by atoms with Crippen molar-refractivity contribution >= 4 is 22.5 Å². The number of aryl methyl sites for hydroxylation is 2. The molecule has 0 atom stereocenters. The fourth-order valence-electron chi connectivity index (χ4n) is 5.28. The smallest absolute Gasteiger partial charge is 0.255 e. The number of likely N-dealkylation sites (tertiary alicyclic amines) is 1. The van der Waals surface area contributed by atoms with Crippen LogP contribution in [0.5, 0.6) is 0 Å². The maximum atomic E-state index is 13.5. The highest BCUT2D eigenvalue weighted by Gasteiger charge is 2.17. The van der Waals surface area contributed by atoms with Gasteiger partial charge < -0.3 is 14.8 Å². The lowest BCUT2D eigenvalue weighted by Crippen LogP contribution is -2.36. The predicted molar refractivity (Wildman–Crippen MR) is 132 cm³/mol. The average Bonchev–Trinajstić information content (AvgIpc) is 3.27. The van der Waals surface area contributed by atoms with Crippen molar-refractivity contribution in [2.75, 3.05) is 19.6 Å². The van der Waals surface area contributed by atoms with E-state index in [2.05, 4.69) is 22.3 Å². The van der Waals surface area contributed by atoms with E-state index < -0.39 is 0 Å². The number of nitrogens with zero attached hydrogens (tertiary/aromatic N) is 2. The number of halogens is 2. The molecule has 0 radical (unpaired) electrons. The first-order valence-corrected chi connectivity index (χ1v) is 12.5. The highest BCUT2D eigenvalue weighted by Crippen LogP contribution is 2.27. The number of hydrogen-bond acceptors (Lipinski definition) is 3. The topological polar surface area (TPSA) is 37.3 Å². The van der Waals surface area contributed by atoms with Gasteiger partial charge in [0, 0.05) is 36.8 Å². The summed E-state index contributed by atoms with van der Waals surface area (Å²) in [6.45, 7) is 4.81. The summed E-state index contributed by atoms with van der Waals surface area (Å²) in [6.07, 6.45) is 7.22. The largest absolute Gasteiger partial charge is 0.308 e. The zero-order valence-corrected chi connectivity index (χ0v) is 19.8. The molecule has 1 N–H and O–H groups in total. The van der Waals surface area contributed by atoms with E-state index in [9.17, 15) is 9.18 Å². The molecule has 0 amide bonds. The number of pyridine rings is 1. The fraction of sp³-hybridized carbons (Fsp3) is 0.444. The first kappa shape index (κ1) is 22.6. The summed E-state index contributed by atoms with van der Waals surface area (Å²) in [5, 5.41) is 4.88. The van der Waals surface area contributed by atoms with Gasteiger partial charge in [-0.2, -0.15) is 0 Å². The Labute approximate surface area is 199 Å². The van der Waals surface area contributed by atoms with Crippen LogP contribution in [0.15, 0.2) is 41.2 Å². The summed E-state index contributed by atoms with van der Waals surface area (Å²) in [6, 6.07) is 11.0. The molecule has 2 aromatic carbocycles. The fourth-order valence-corrected chi connectivity index (χ4v) is 5.52. The summed E-state index contributed by atoms with van der Waals surface area (Å²) >= 11 is 6.16. The second-order valence-corrected chi connectivity index (χ2v) is 9.81. The Morgan fingerprint density at radius 3 is 2.42 bits per heavy atom. The molecule has 1 fully saturated rings. The van der Waals surface area contributed by atoms with Crippen LogP contribution in [0.2, 0.25) is 5.02 Å². The first-order valence-electron chi connectivity index (χ1n) is 12.1. The standard InChI is InChI=1S/C27H31ClFN3O/c28-25-16-24(29)8-7-21(25)17-30-18-23-14-22-13-19-5-4-6-20(19)15-26(22)32(27(23)33)12-11-31-9-2-1-3-10-31/h7-8,13-16,30H,1-6,9-12,17-18H2. The Morgan fingerprint density at radius 1 is 0.879 bits per heavy atom. The molecule has 0 spiro atoms. The molecular weight excluding hydrogens is 437 g/mol. The Kier molecular flexibility index (Phi) is 6.81. The van der Waals surface area contributed by atoms with E-state index in [1.54, 1.807) is 6.07 Å². The molecule has 0 unspecified atom stereocenters. The molecule has 1 aliphatic carbocycles. The monoisotopic (exact) mass is 467 g/mol. The van der Waals surface area contributed by atoms with Gasteiger partial charge >= 0.3 is 0 Å². The molecule has 33 heavy (non-hydrogen) atoms. The molecule has 1 saturated heterocycles. The van der Waals surface area contributed by atoms with Crippen molar-refractivity contribution in [1.29, 1.82) is 0 Å². The van der Waals surface area contributed by atoms with Crippen molar-refractivity contribution in [3.8, 4) is 0 Å². The highest BCUT2D eigenvalue weighted by molar-refractivity contribution is 6.31. The van der Waals surface area contributed by atoms with Crippen LogP contribution in [-0.2, 0) is 32.5 Å². The summed E-state index contributed by atoms with van der Waals surface area (Å²) in [4.78, 5) is 16.0. The lowest BCUT2D eigenvalue weighted by molar-refractivity contribution is 0.221. The van der Waals surface area contributed by atoms with Gasteiger partial charge in [0.05, 0.1) is 5.52 Å². The molecule has 3 aromatic rings. The van der Waals surface area contributed by atoms with Crippen LogP contribution in [0.25, 0.3) is 10.9 Å². The van der Waals surface area contributed by atoms with Gasteiger partial charge in [0.2, 0.25) is 0 Å². The van der Waals surface area contributed by atoms with Crippen molar-refractivity contribution in [2.45, 2.75) is 58.2 Å². The van der Waals surface area contributed by atoms with Crippen LogP contribution in [0.3, 0.4) is 0 Å². The second-order valence-electron chi connectivity index (χ2n) is 9.40. The van der Waals surface area contributed by atoms with Crippen molar-refractivity contribution in [3.05, 3.63) is 79.8 Å². The van der Waals surface area contributed by atoms with Crippen LogP contribution in [-0.4, -0.2) is 29.1 Å². The van der Waals surface area contributed by atoms with Crippen LogP contribution in [0.4, 0.5) is 4.39 Å². The van der Waals surface area contributed by atoms with E-state index in [4.69, 9.17) is 11.6 Å². The third-order valence-electron chi connectivity index (χ3n) is 7.12. The van der Waals surface area contributed by atoms with Crippen molar-refractivity contribution in [3.63, 3.8) is 0 Å². The first-order chi connectivity index (χ1) is 16.1. The van der Waals surface area contributed by atoms with Gasteiger partial charge in [-0.05, 0) is 97.6 Å². The van der Waals surface area contributed by atoms with Crippen LogP contribution in [0.1, 0.15) is 47.9 Å². The molecule has 1 aliphatic heterocycles. The number of nitrogens with one attached hydrogen (secondary N) is 1. The average molecular weight is 468 g/mol. The van der Waals surface area contributed by atoms with Gasteiger partial charge in [-0.3, -0.25) is 4.79 Å². The Bertz CT molecular complexity index is 1220. The molecule has 4 nitrogen and oxygen atoms in total. The summed E-state index contributed by atoms with van der Waals surface area (Å²) < 4.78 is 15.3. The summed E-state index contributed by atoms with van der Waals surface area (Å²) in [5.41, 5.74) is 5.53. The van der Waals surface area contributed by atoms with Crippen LogP contribution >= 0.6 is 11.6 Å². The number of hydrogen-bond donors (Lipinski definition) is 1. The summed E-state index contributed by atoms with van der Waals surface area (Å²) in [5.74, 6) is -0.345. The molecule has 0 saturated carbocycles. The number of piperidine rings is 1. The van der Waals surface area contributed by atoms with Gasteiger partial charge in [-0.15, -0.1) is 0 Å². The van der Waals surface area contributed by atoms with E-state index >= 15 is 0 Å². The van der Waals surface area contributed by atoms with Crippen LogP contribution in [0, 0.1) is 5.82 Å². The van der Waals surface area contributed by atoms with Crippen LogP contribution < -0.4 is 10.9 Å². The highest BCUT2D eigenvalue weighted by atomic mass is 35.5. The molecule has 0 bridgehead atoms. The van der Waals surface area contributed by atoms with Crippen molar-refractivity contribution in [1.82, 2.24) is 14.8 Å². The molecular formula is C27H31ClFN3O. The van der Waals surface area contributed by atoms with E-state index in [0.29, 0.717) is 24.7 Å². The lowest BCUT2D eigenvalue weighted by Gasteiger charge is -2.27. The van der Waals surface area contributed by atoms with E-state index in [1.165, 1.54) is 48.9 Å². The normalized spacial score (nSPS) is 16.4. The third kappa shape index (κ3) is 5.01. The minimum absolute atomic E-state index is 0.0789. The zero-order chi connectivity index (χ0) is 22.8. The SMILES string of the molecule is O=c1c(CNCc2ccc(F)cc2Cl)cc2cc3c(cc2n1CCN1CCCCC1)CCC3. The summed E-state index contributed by atoms with van der Waals surface area (Å²) in [7, 11) is 0. The van der Waals surface area contributed by atoms with Gasteiger partial charge in [-0.1, -0.05) is 24.1 Å². The Morgan fingerprint density at radius 2 is 1.64 bits per heavy atom. The zero-order valence-electron chi connectivity index (χ0n) is 19.0. The van der Waals surface area contributed by atoms with Crippen molar-refractivity contribution < 1.29 is 4.39 Å². The van der Waals surface area contributed by atoms with E-state index in [0.717, 1.165) is 54.5 Å². The maximum absolute atomic E-state index is 13.5. The lowest BCUT2D eigenvalue weighted by atomic mass is 10.0. The van der Waals surface area contributed by atoms with Gasteiger partial charge in [0.25, 0.3) is 5.56 Å². The minimum Gasteiger partial charge on any atom is -0.308 e. The number of aromatic nitrogens is 1. The molecule has 174 valence electrons. The maximum Gasteiger partial charge on any atom is 0.255 e. The number of fused-ring (bicyclic) bond motifs is 2. The molecule has 1 aromatic heterocycles. The molecule has 2 aliphatic rings. The van der Waals surface area contributed by atoms with E-state index in [-0.39, 0.29) is 11.4 Å². The van der Waals surface area contributed by atoms with Gasteiger partial charge in [0.1, 0.15) is 5.82 Å². The van der Waals surface area contributed by atoms with Crippen molar-refractivity contribution in [2.24, 2.45) is 0 Å². The Balaban J connectivity index is 1.41. The number of rotatable bonds is 7. The predicted octanol–water partition coefficient (Wildman–Crippen LogP) is 5.06. The van der Waals surface area contributed by atoms with Gasteiger partial charge in [0.15, 0.2) is 0 Å². The third-order valence-corrected chi connectivity index (χ3v) is 7.47. The minimum atomic E-state index is -0.345. The van der Waals surface area contributed by atoms with Gasteiger partial charge in [-0.25, -0.2) is 4.39 Å². The second kappa shape index (κ2) is 9.96. The molecule has 5 rings (SSSR count).